The summed E-state index contributed by atoms with van der Waals surface area (Å²) >= 11 is 6.70. The van der Waals surface area contributed by atoms with Crippen molar-refractivity contribution in [3.63, 3.8) is 0 Å². The molecule has 10 nitrogen and oxygen atoms in total. The molecule has 6 rings (SSSR count). The molecule has 0 spiro atoms. The molecule has 1 saturated heterocycles. The molecule has 43 heavy (non-hydrogen) atoms. The number of carboxylic acid groups (broad SMARTS) is 1. The van der Waals surface area contributed by atoms with Crippen molar-refractivity contribution in [3.8, 4) is 0 Å². The Balaban J connectivity index is 0.00000368. The molecule has 0 radical (unpaired) electrons. The van der Waals surface area contributed by atoms with Gasteiger partial charge >= 0.3 is 5.97 Å². The van der Waals surface area contributed by atoms with E-state index in [2.05, 4.69) is 20.1 Å². The maximum Gasteiger partial charge on any atom is 0.304 e. The molecule has 1 unspecified atom stereocenters. The zero-order chi connectivity index (χ0) is 29.8. The molecule has 4 aromatic rings. The minimum atomic E-state index is -3.89. The highest BCUT2D eigenvalue weighted by molar-refractivity contribution is 7.89. The van der Waals surface area contributed by atoms with E-state index >= 15 is 0 Å². The Morgan fingerprint density at radius 1 is 1.14 bits per heavy atom. The molecule has 1 aromatic carbocycles. The number of carbonyl (C=O) groups is 1. The number of aryl methyl sites for hydroxylation is 3. The predicted molar refractivity (Wildman–Crippen MR) is 166 cm³/mol. The summed E-state index contributed by atoms with van der Waals surface area (Å²) in [5.74, 6) is -0.183. The highest BCUT2D eigenvalue weighted by Crippen LogP contribution is 2.38. The average Bonchev–Trinajstić information content (AvgIpc) is 3.30. The van der Waals surface area contributed by atoms with Gasteiger partial charge in [0.1, 0.15) is 16.5 Å². The van der Waals surface area contributed by atoms with Gasteiger partial charge in [-0.25, -0.2) is 13.4 Å². The number of pyridine rings is 2. The first kappa shape index (κ1) is 30.9. The molecule has 0 amide bonds. The van der Waals surface area contributed by atoms with E-state index in [0.29, 0.717) is 28.6 Å². The molecule has 5 heterocycles. The van der Waals surface area contributed by atoms with Crippen LogP contribution in [0.1, 0.15) is 72.7 Å². The third-order valence-corrected chi connectivity index (χ3v) is 10.7. The van der Waals surface area contributed by atoms with Crippen LogP contribution in [0.3, 0.4) is 0 Å². The van der Waals surface area contributed by atoms with Gasteiger partial charge in [0.25, 0.3) is 0 Å². The SMILES string of the molecule is C.Cc1cnc2c(c1)S(=O)(=O)N(Cc1cc([C@H](CC(=O)O)c3ccn4c(C)nnc4c3C)ccc1Cl)CC1CCCCN21. The first-order valence-electron chi connectivity index (χ1n) is 14.1. The first-order valence-corrected chi connectivity index (χ1v) is 15.9. The number of benzene rings is 1. The molecule has 1 N–H and O–H groups in total. The second-order valence-corrected chi connectivity index (χ2v) is 13.6. The smallest absolute Gasteiger partial charge is 0.304 e. The highest BCUT2D eigenvalue weighted by atomic mass is 35.5. The quantitative estimate of drug-likeness (QED) is 0.298. The number of piperidine rings is 1. The summed E-state index contributed by atoms with van der Waals surface area (Å²) in [6, 6.07) is 9.02. The number of nitrogens with zero attached hydrogens (tertiary/aromatic N) is 6. The monoisotopic (exact) mass is 624 g/mol. The Labute approximate surface area is 257 Å². The molecule has 2 aliphatic heterocycles. The Hall–Kier alpha value is -3.54. The number of halogens is 1. The normalized spacial score (nSPS) is 18.8. The summed E-state index contributed by atoms with van der Waals surface area (Å²) in [7, 11) is -3.89. The second kappa shape index (κ2) is 11.9. The van der Waals surface area contributed by atoms with Gasteiger partial charge in [-0.05, 0) is 86.1 Å². The summed E-state index contributed by atoms with van der Waals surface area (Å²) in [6.07, 6.45) is 6.31. The van der Waals surface area contributed by atoms with Gasteiger partial charge in [0.05, 0.1) is 6.42 Å². The van der Waals surface area contributed by atoms with Crippen LogP contribution in [-0.4, -0.2) is 62.5 Å². The zero-order valence-corrected chi connectivity index (χ0v) is 25.4. The van der Waals surface area contributed by atoms with Crippen LogP contribution in [0.15, 0.2) is 47.6 Å². The Bertz CT molecular complexity index is 1810. The van der Waals surface area contributed by atoms with E-state index in [1.807, 2.05) is 49.6 Å². The van der Waals surface area contributed by atoms with Gasteiger partial charge in [0, 0.05) is 49.0 Å². The van der Waals surface area contributed by atoms with Crippen LogP contribution in [0.4, 0.5) is 5.82 Å². The molecule has 2 aliphatic rings. The Kier molecular flexibility index (Phi) is 8.52. The van der Waals surface area contributed by atoms with Crippen LogP contribution in [-0.2, 0) is 21.4 Å². The van der Waals surface area contributed by atoms with Crippen LogP contribution in [0.5, 0.6) is 0 Å². The van der Waals surface area contributed by atoms with E-state index in [4.69, 9.17) is 11.6 Å². The Morgan fingerprint density at radius 2 is 1.93 bits per heavy atom. The third-order valence-electron chi connectivity index (χ3n) is 8.51. The lowest BCUT2D eigenvalue weighted by molar-refractivity contribution is -0.137. The molecule has 0 saturated carbocycles. The van der Waals surface area contributed by atoms with Gasteiger partial charge in [-0.15, -0.1) is 10.2 Å². The van der Waals surface area contributed by atoms with Crippen molar-refractivity contribution in [2.24, 2.45) is 0 Å². The van der Waals surface area contributed by atoms with E-state index in [-0.39, 0.29) is 31.3 Å². The number of fused-ring (bicyclic) bond motifs is 4. The van der Waals surface area contributed by atoms with Crippen LogP contribution in [0.2, 0.25) is 5.02 Å². The maximum absolute atomic E-state index is 14.1. The summed E-state index contributed by atoms with van der Waals surface area (Å²) in [6.45, 7) is 6.76. The molecule has 0 aliphatic carbocycles. The number of hydrogen-bond acceptors (Lipinski definition) is 7. The fraction of sp³-hybridized carbons (Fsp3) is 0.419. The number of hydrogen-bond donors (Lipinski definition) is 1. The number of rotatable bonds is 6. The summed E-state index contributed by atoms with van der Waals surface area (Å²) in [5, 5.41) is 18.7. The highest BCUT2D eigenvalue weighted by Gasteiger charge is 2.39. The molecular formula is C31H37ClN6O4S. The van der Waals surface area contributed by atoms with E-state index in [9.17, 15) is 18.3 Å². The third kappa shape index (κ3) is 5.61. The van der Waals surface area contributed by atoms with Gasteiger partial charge in [0.2, 0.25) is 10.0 Å². The number of aliphatic carboxylic acids is 1. The van der Waals surface area contributed by atoms with Gasteiger partial charge < -0.3 is 10.0 Å². The summed E-state index contributed by atoms with van der Waals surface area (Å²) < 4.78 is 31.6. The largest absolute Gasteiger partial charge is 0.481 e. The van der Waals surface area contributed by atoms with Crippen molar-refractivity contribution in [2.75, 3.05) is 18.0 Å². The van der Waals surface area contributed by atoms with Crippen molar-refractivity contribution in [2.45, 2.75) is 77.3 Å². The lowest BCUT2D eigenvalue weighted by atomic mass is 9.86. The minimum Gasteiger partial charge on any atom is -0.481 e. The number of sulfonamides is 1. The standard InChI is InChI=1S/C30H33ClN6O4S.CH4/c1-18-12-27-30(32-15-18)37-10-5-4-6-23(37)17-35(42(27,40)41)16-22-13-21(7-8-26(22)31)25(14-28(38)39)24-9-11-36-20(3)33-34-29(36)19(24)2;/h7-9,11-13,15,23,25H,4-6,10,14,16-17H2,1-3H3,(H,38,39);1H4/t23?,25-;/m0./s1. The number of carboxylic acids is 1. The zero-order valence-electron chi connectivity index (χ0n) is 23.8. The van der Waals surface area contributed by atoms with Gasteiger partial charge in [-0.1, -0.05) is 31.2 Å². The van der Waals surface area contributed by atoms with E-state index < -0.39 is 21.9 Å². The topological polar surface area (TPSA) is 121 Å². The van der Waals surface area contributed by atoms with Crippen LogP contribution < -0.4 is 4.90 Å². The van der Waals surface area contributed by atoms with Crippen LogP contribution in [0.25, 0.3) is 5.65 Å². The van der Waals surface area contributed by atoms with Gasteiger partial charge in [-0.3, -0.25) is 9.20 Å². The fourth-order valence-corrected chi connectivity index (χ4v) is 8.19. The van der Waals surface area contributed by atoms with Gasteiger partial charge in [-0.2, -0.15) is 4.31 Å². The van der Waals surface area contributed by atoms with Crippen molar-refractivity contribution in [3.05, 3.63) is 81.4 Å². The Morgan fingerprint density at radius 3 is 2.70 bits per heavy atom. The van der Waals surface area contributed by atoms with Crippen LogP contribution in [0, 0.1) is 20.8 Å². The number of aromatic nitrogens is 4. The number of anilines is 1. The maximum atomic E-state index is 14.1. The molecule has 12 heteroatoms. The average molecular weight is 625 g/mol. The molecular weight excluding hydrogens is 588 g/mol. The van der Waals surface area contributed by atoms with Crippen molar-refractivity contribution >= 4 is 39.1 Å². The summed E-state index contributed by atoms with van der Waals surface area (Å²) in [4.78, 5) is 19.0. The minimum absolute atomic E-state index is 0. The molecule has 2 atom stereocenters. The predicted octanol–water partition coefficient (Wildman–Crippen LogP) is 5.51. The lowest BCUT2D eigenvalue weighted by Gasteiger charge is -2.36. The van der Waals surface area contributed by atoms with Crippen molar-refractivity contribution in [1.29, 1.82) is 0 Å². The fourth-order valence-electron chi connectivity index (χ4n) is 6.33. The van der Waals surface area contributed by atoms with Crippen LogP contribution >= 0.6 is 11.6 Å². The van der Waals surface area contributed by atoms with Crippen molar-refractivity contribution in [1.82, 2.24) is 23.9 Å². The first-order chi connectivity index (χ1) is 20.0. The molecule has 228 valence electrons. The molecule has 1 fully saturated rings. The van der Waals surface area contributed by atoms with Gasteiger partial charge in [0.15, 0.2) is 5.65 Å². The lowest BCUT2D eigenvalue weighted by Crippen LogP contribution is -2.45. The van der Waals surface area contributed by atoms with E-state index in [0.717, 1.165) is 53.9 Å². The van der Waals surface area contributed by atoms with E-state index in [1.165, 1.54) is 4.31 Å². The van der Waals surface area contributed by atoms with Crippen molar-refractivity contribution < 1.29 is 18.3 Å². The molecule has 3 aromatic heterocycles. The molecule has 0 bridgehead atoms. The second-order valence-electron chi connectivity index (χ2n) is 11.3. The summed E-state index contributed by atoms with van der Waals surface area (Å²) in [5.41, 5.74) is 4.47. The van der Waals surface area contributed by atoms with E-state index in [1.54, 1.807) is 18.3 Å².